The number of halogens is 1. The Labute approximate surface area is 225 Å². The van der Waals surface area contributed by atoms with Gasteiger partial charge in [-0.2, -0.15) is 3.89 Å². The van der Waals surface area contributed by atoms with Gasteiger partial charge in [-0.05, 0) is 112 Å². The molecule has 9 atom stereocenters. The number of hydrogen-bond donors (Lipinski definition) is 0. The van der Waals surface area contributed by atoms with Gasteiger partial charge in [-0.15, -0.1) is 0 Å². The van der Waals surface area contributed by atoms with Gasteiger partial charge in [-0.1, -0.05) is 58.6 Å². The molecule has 0 radical (unpaired) electrons. The number of ether oxygens (including phenoxy) is 2. The van der Waals surface area contributed by atoms with E-state index in [-0.39, 0.29) is 17.8 Å². The Morgan fingerprint density at radius 3 is 2.67 bits per heavy atom. The zero-order valence-corrected chi connectivity index (χ0v) is 24.4. The van der Waals surface area contributed by atoms with Crippen molar-refractivity contribution in [3.8, 4) is 0 Å². The number of rotatable bonds is 9. The summed E-state index contributed by atoms with van der Waals surface area (Å²) in [6, 6.07) is 0. The molecule has 4 aliphatic carbocycles. The molecule has 5 rings (SSSR count). The topological polar surface area (TPSA) is 18.5 Å². The SMILES string of the molecule is CC(C)CCC[C@@H](C)C1CCC2C3CC=C4CC(OC5CCCCO5)CCC4(CSF)C3CCC21C. The van der Waals surface area contributed by atoms with Crippen molar-refractivity contribution in [2.45, 2.75) is 130 Å². The molecule has 36 heavy (non-hydrogen) atoms. The summed E-state index contributed by atoms with van der Waals surface area (Å²) in [5, 5.41) is 0. The average molecular weight is 521 g/mol. The zero-order valence-electron chi connectivity index (χ0n) is 23.6. The first kappa shape index (κ1) is 27.5. The molecule has 0 aromatic carbocycles. The Balaban J connectivity index is 1.29. The highest BCUT2D eigenvalue weighted by molar-refractivity contribution is 7.94. The lowest BCUT2D eigenvalue weighted by atomic mass is 9.47. The Kier molecular flexibility index (Phi) is 8.85. The predicted octanol–water partition coefficient (Wildman–Crippen LogP) is 9.54. The molecule has 8 unspecified atom stereocenters. The third-order valence-corrected chi connectivity index (χ3v) is 12.4. The minimum absolute atomic E-state index is 0.0166. The highest BCUT2D eigenvalue weighted by Crippen LogP contribution is 2.68. The van der Waals surface area contributed by atoms with Gasteiger partial charge < -0.3 is 9.47 Å². The molecular weight excluding hydrogens is 467 g/mol. The highest BCUT2D eigenvalue weighted by atomic mass is 32.2. The van der Waals surface area contributed by atoms with E-state index in [9.17, 15) is 3.89 Å². The van der Waals surface area contributed by atoms with Gasteiger partial charge in [0.05, 0.1) is 6.10 Å². The van der Waals surface area contributed by atoms with Crippen molar-refractivity contribution in [2.75, 3.05) is 12.4 Å². The molecule has 5 aliphatic rings. The van der Waals surface area contributed by atoms with Gasteiger partial charge in [0.15, 0.2) is 6.29 Å². The maximum atomic E-state index is 14.1. The summed E-state index contributed by atoms with van der Waals surface area (Å²) in [7, 11) is 0. The second-order valence-corrected chi connectivity index (χ2v) is 14.6. The van der Waals surface area contributed by atoms with Crippen LogP contribution >= 0.6 is 12.1 Å². The van der Waals surface area contributed by atoms with Gasteiger partial charge in [0.1, 0.15) is 0 Å². The molecule has 0 N–H and O–H groups in total. The molecule has 0 bridgehead atoms. The Bertz CT molecular complexity index is 763. The second-order valence-electron chi connectivity index (χ2n) is 14.1. The van der Waals surface area contributed by atoms with Gasteiger partial charge in [-0.25, -0.2) is 0 Å². The Hall–Kier alpha value is -0.0600. The Morgan fingerprint density at radius 2 is 1.92 bits per heavy atom. The maximum Gasteiger partial charge on any atom is 0.157 e. The van der Waals surface area contributed by atoms with Crippen molar-refractivity contribution < 1.29 is 13.4 Å². The molecule has 1 heterocycles. The molecule has 1 saturated heterocycles. The summed E-state index contributed by atoms with van der Waals surface area (Å²) in [5.41, 5.74) is 2.10. The third-order valence-electron chi connectivity index (χ3n) is 11.8. The lowest BCUT2D eigenvalue weighted by Gasteiger charge is -2.59. The third kappa shape index (κ3) is 5.23. The lowest BCUT2D eigenvalue weighted by Crippen LogP contribution is -2.53. The summed E-state index contributed by atoms with van der Waals surface area (Å²) < 4.78 is 26.4. The molecule has 206 valence electrons. The van der Waals surface area contributed by atoms with Crippen molar-refractivity contribution in [2.24, 2.45) is 46.3 Å². The van der Waals surface area contributed by atoms with Crippen molar-refractivity contribution >= 4 is 12.1 Å². The van der Waals surface area contributed by atoms with Crippen LogP contribution in [0, 0.1) is 46.3 Å². The van der Waals surface area contributed by atoms with Crippen LogP contribution in [-0.2, 0) is 9.47 Å². The predicted molar refractivity (Wildman–Crippen MR) is 149 cm³/mol. The van der Waals surface area contributed by atoms with E-state index in [1.165, 1.54) is 57.8 Å². The minimum Gasteiger partial charge on any atom is -0.353 e. The fourth-order valence-corrected chi connectivity index (χ4v) is 10.7. The van der Waals surface area contributed by atoms with Gasteiger partial charge in [-0.3, -0.25) is 0 Å². The number of fused-ring (bicyclic) bond motifs is 5. The largest absolute Gasteiger partial charge is 0.353 e. The van der Waals surface area contributed by atoms with Crippen LogP contribution < -0.4 is 0 Å². The van der Waals surface area contributed by atoms with Gasteiger partial charge in [0.25, 0.3) is 0 Å². The lowest BCUT2D eigenvalue weighted by molar-refractivity contribution is -0.195. The van der Waals surface area contributed by atoms with Crippen LogP contribution in [-0.4, -0.2) is 24.8 Å². The van der Waals surface area contributed by atoms with Gasteiger partial charge in [0.2, 0.25) is 0 Å². The summed E-state index contributed by atoms with van der Waals surface area (Å²) in [6.07, 6.45) is 20.3. The summed E-state index contributed by atoms with van der Waals surface area (Å²) in [4.78, 5) is 0. The summed E-state index contributed by atoms with van der Waals surface area (Å²) >= 11 is 0.612. The fraction of sp³-hybridized carbons (Fsp3) is 0.938. The average Bonchev–Trinajstić information content (AvgIpc) is 3.22. The van der Waals surface area contributed by atoms with E-state index >= 15 is 0 Å². The molecular formula is C32H53FO2S. The first-order chi connectivity index (χ1) is 17.4. The number of hydrogen-bond acceptors (Lipinski definition) is 3. The normalized spacial score (nSPS) is 43.4. The minimum atomic E-state index is -0.0166. The molecule has 0 spiro atoms. The zero-order chi connectivity index (χ0) is 25.3. The smallest absolute Gasteiger partial charge is 0.157 e. The summed E-state index contributed by atoms with van der Waals surface area (Å²) in [5.74, 6) is 5.46. The van der Waals surface area contributed by atoms with E-state index in [1.807, 2.05) is 0 Å². The molecule has 1 aliphatic heterocycles. The van der Waals surface area contributed by atoms with E-state index in [1.54, 1.807) is 5.57 Å². The number of allylic oxidation sites excluding steroid dienone is 1. The van der Waals surface area contributed by atoms with Crippen molar-refractivity contribution in [1.82, 2.24) is 0 Å². The van der Waals surface area contributed by atoms with Crippen LogP contribution in [0.5, 0.6) is 0 Å². The molecule has 4 fully saturated rings. The van der Waals surface area contributed by atoms with E-state index in [2.05, 4.69) is 33.8 Å². The van der Waals surface area contributed by atoms with Crippen molar-refractivity contribution in [1.29, 1.82) is 0 Å². The van der Waals surface area contributed by atoms with Crippen LogP contribution in [0.25, 0.3) is 0 Å². The van der Waals surface area contributed by atoms with Crippen molar-refractivity contribution in [3.63, 3.8) is 0 Å². The fourth-order valence-electron chi connectivity index (χ4n) is 9.96. The van der Waals surface area contributed by atoms with Crippen LogP contribution in [0.4, 0.5) is 3.89 Å². The van der Waals surface area contributed by atoms with Crippen LogP contribution in [0.1, 0.15) is 118 Å². The molecule has 0 aromatic rings. The molecule has 0 amide bonds. The van der Waals surface area contributed by atoms with E-state index in [0.717, 1.165) is 68.3 Å². The van der Waals surface area contributed by atoms with E-state index in [4.69, 9.17) is 9.47 Å². The van der Waals surface area contributed by atoms with Crippen LogP contribution in [0.15, 0.2) is 11.6 Å². The second kappa shape index (κ2) is 11.6. The van der Waals surface area contributed by atoms with Crippen LogP contribution in [0.3, 0.4) is 0 Å². The Morgan fingerprint density at radius 1 is 1.06 bits per heavy atom. The van der Waals surface area contributed by atoms with Gasteiger partial charge in [0, 0.05) is 29.9 Å². The van der Waals surface area contributed by atoms with E-state index < -0.39 is 0 Å². The van der Waals surface area contributed by atoms with Crippen LogP contribution in [0.2, 0.25) is 0 Å². The molecule has 0 aromatic heterocycles. The van der Waals surface area contributed by atoms with Crippen molar-refractivity contribution in [3.05, 3.63) is 11.6 Å². The monoisotopic (exact) mass is 520 g/mol. The first-order valence-electron chi connectivity index (χ1n) is 15.6. The standard InChI is InChI=1S/C32H53FO2S/c1-22(2)8-7-9-23(3)27-13-14-28-26-12-11-24-20-25(35-30-10-5-6-19-34-30)15-18-32(24,21-36-33)29(26)16-17-31(27,28)4/h11,22-23,25-30H,5-10,12-21H2,1-4H3/t23-,25?,26?,27?,28?,29?,30?,31?,32?/m1/s1. The maximum absolute atomic E-state index is 14.1. The molecule has 3 saturated carbocycles. The van der Waals surface area contributed by atoms with Gasteiger partial charge >= 0.3 is 0 Å². The molecule has 2 nitrogen and oxygen atoms in total. The summed E-state index contributed by atoms with van der Waals surface area (Å²) in [6.45, 7) is 10.8. The highest BCUT2D eigenvalue weighted by Gasteiger charge is 2.60. The quantitative estimate of drug-likeness (QED) is 0.282. The molecule has 4 heteroatoms. The first-order valence-corrected chi connectivity index (χ1v) is 16.5. The van der Waals surface area contributed by atoms with E-state index in [0.29, 0.717) is 29.2 Å².